The van der Waals surface area contributed by atoms with Crippen molar-refractivity contribution >= 4 is 21.9 Å². The van der Waals surface area contributed by atoms with Crippen LogP contribution in [0.15, 0.2) is 67.6 Å². The number of fused-ring (bicyclic) bond motifs is 2. The van der Waals surface area contributed by atoms with Crippen molar-refractivity contribution in [3.63, 3.8) is 0 Å². The Kier molecular flexibility index (Phi) is 3.57. The second-order valence-electron chi connectivity index (χ2n) is 6.66. The van der Waals surface area contributed by atoms with Crippen LogP contribution in [0.4, 0.5) is 0 Å². The first-order valence-electron chi connectivity index (χ1n) is 9.23. The highest BCUT2D eigenvalue weighted by Gasteiger charge is 2.16. The number of aromatic amines is 2. The van der Waals surface area contributed by atoms with E-state index in [4.69, 9.17) is 4.98 Å². The molecule has 6 rings (SSSR count). The van der Waals surface area contributed by atoms with E-state index in [0.717, 1.165) is 33.2 Å². The Morgan fingerprint density at radius 3 is 2.50 bits per heavy atom. The van der Waals surface area contributed by atoms with Gasteiger partial charge in [-0.25, -0.2) is 4.98 Å². The van der Waals surface area contributed by atoms with E-state index < -0.39 is 0 Å². The third-order valence-corrected chi connectivity index (χ3v) is 4.85. The fraction of sp³-hybridized carbons (Fsp3) is 0. The van der Waals surface area contributed by atoms with Crippen LogP contribution in [-0.4, -0.2) is 45.1 Å². The first-order valence-corrected chi connectivity index (χ1v) is 9.23. The highest BCUT2D eigenvalue weighted by molar-refractivity contribution is 5.96. The molecule has 0 spiro atoms. The zero-order valence-corrected chi connectivity index (χ0v) is 15.5. The average Bonchev–Trinajstić information content (AvgIpc) is 3.43. The van der Waals surface area contributed by atoms with Gasteiger partial charge in [-0.2, -0.15) is 5.10 Å². The van der Waals surface area contributed by atoms with Crippen molar-refractivity contribution in [3.05, 3.63) is 67.6 Å². The van der Waals surface area contributed by atoms with Gasteiger partial charge in [-0.15, -0.1) is 0 Å². The molecule has 9 nitrogen and oxygen atoms in total. The summed E-state index contributed by atoms with van der Waals surface area (Å²) in [7, 11) is 0. The van der Waals surface area contributed by atoms with E-state index in [2.05, 4.69) is 40.1 Å². The number of hydrogen-bond acceptors (Lipinski definition) is 7. The summed E-state index contributed by atoms with van der Waals surface area (Å²) >= 11 is 0. The number of rotatable bonds is 3. The molecular formula is C21H13N9. The van der Waals surface area contributed by atoms with Gasteiger partial charge in [-0.1, -0.05) is 0 Å². The topological polar surface area (TPSA) is 122 Å². The molecule has 0 aliphatic heterocycles. The Balaban J connectivity index is 1.52. The Hall–Kier alpha value is -4.53. The smallest absolute Gasteiger partial charge is 0.159 e. The zero-order valence-electron chi connectivity index (χ0n) is 15.5. The Morgan fingerprint density at radius 1 is 0.700 bits per heavy atom. The highest BCUT2D eigenvalue weighted by atomic mass is 15.1. The highest BCUT2D eigenvalue weighted by Crippen LogP contribution is 2.30. The van der Waals surface area contributed by atoms with Crippen LogP contribution in [0.2, 0.25) is 0 Å². The first-order chi connectivity index (χ1) is 14.9. The van der Waals surface area contributed by atoms with Crippen LogP contribution in [-0.2, 0) is 0 Å². The number of hydrogen-bond donors (Lipinski definition) is 2. The van der Waals surface area contributed by atoms with Gasteiger partial charge in [-0.05, 0) is 24.3 Å². The molecule has 0 saturated carbocycles. The van der Waals surface area contributed by atoms with E-state index in [0.29, 0.717) is 22.9 Å². The maximum absolute atomic E-state index is 4.81. The molecule has 0 aliphatic carbocycles. The van der Waals surface area contributed by atoms with Crippen molar-refractivity contribution in [1.82, 2.24) is 45.1 Å². The molecule has 9 heteroatoms. The van der Waals surface area contributed by atoms with Crippen LogP contribution < -0.4 is 0 Å². The minimum atomic E-state index is 0.649. The third kappa shape index (κ3) is 2.60. The maximum atomic E-state index is 4.81. The van der Waals surface area contributed by atoms with Crippen LogP contribution in [0, 0.1) is 0 Å². The van der Waals surface area contributed by atoms with Crippen molar-refractivity contribution in [2.24, 2.45) is 0 Å². The van der Waals surface area contributed by atoms with E-state index >= 15 is 0 Å². The lowest BCUT2D eigenvalue weighted by Crippen LogP contribution is -1.88. The lowest BCUT2D eigenvalue weighted by molar-refractivity contribution is 1.10. The molecular weight excluding hydrogens is 378 g/mol. The Morgan fingerprint density at radius 2 is 1.63 bits per heavy atom. The van der Waals surface area contributed by atoms with Crippen molar-refractivity contribution in [3.8, 4) is 34.2 Å². The number of imidazole rings is 1. The SMILES string of the molecule is c1cc(-c2nccc3[nH]c(-c4n[nH]c5cnc(-c6cnccn6)cc45)nc23)ccn1. The number of nitrogens with one attached hydrogen (secondary N) is 2. The summed E-state index contributed by atoms with van der Waals surface area (Å²) in [5.41, 5.74) is 6.33. The predicted molar refractivity (Wildman–Crippen MR) is 111 cm³/mol. The van der Waals surface area contributed by atoms with Crippen LogP contribution >= 0.6 is 0 Å². The second kappa shape index (κ2) is 6.52. The van der Waals surface area contributed by atoms with E-state index in [1.54, 1.807) is 43.4 Å². The van der Waals surface area contributed by atoms with E-state index in [1.807, 2.05) is 24.3 Å². The minimum Gasteiger partial charge on any atom is -0.336 e. The summed E-state index contributed by atoms with van der Waals surface area (Å²) in [5, 5.41) is 8.39. The summed E-state index contributed by atoms with van der Waals surface area (Å²) in [6.07, 6.45) is 11.9. The van der Waals surface area contributed by atoms with Gasteiger partial charge in [0.25, 0.3) is 0 Å². The molecule has 0 aromatic carbocycles. The molecule has 0 saturated heterocycles. The Labute approximate surface area is 169 Å². The predicted octanol–water partition coefficient (Wildman–Crippen LogP) is 3.42. The van der Waals surface area contributed by atoms with Crippen molar-refractivity contribution in [2.75, 3.05) is 0 Å². The molecule has 6 aromatic rings. The van der Waals surface area contributed by atoms with Crippen molar-refractivity contribution < 1.29 is 0 Å². The monoisotopic (exact) mass is 391 g/mol. The van der Waals surface area contributed by atoms with E-state index in [9.17, 15) is 0 Å². The first kappa shape index (κ1) is 16.4. The number of nitrogens with zero attached hydrogens (tertiary/aromatic N) is 7. The molecule has 6 aromatic heterocycles. The summed E-state index contributed by atoms with van der Waals surface area (Å²) in [4.78, 5) is 29.7. The molecule has 0 amide bonds. The molecule has 0 fully saturated rings. The largest absolute Gasteiger partial charge is 0.336 e. The standard InChI is InChI=1S/C21H13N9/c1-4-22-5-2-12(1)18-20-14(3-6-25-18)27-21(28-20)19-13-9-15(17-10-23-7-8-24-17)26-11-16(13)29-30-19/h1-11H,(H,27,28)(H,29,30). The second-order valence-corrected chi connectivity index (χ2v) is 6.66. The molecule has 6 heterocycles. The minimum absolute atomic E-state index is 0.649. The summed E-state index contributed by atoms with van der Waals surface area (Å²) in [5.74, 6) is 0.649. The average molecular weight is 391 g/mol. The molecule has 2 N–H and O–H groups in total. The van der Waals surface area contributed by atoms with Crippen molar-refractivity contribution in [1.29, 1.82) is 0 Å². The molecule has 30 heavy (non-hydrogen) atoms. The van der Waals surface area contributed by atoms with Gasteiger partial charge in [0, 0.05) is 41.9 Å². The van der Waals surface area contributed by atoms with Crippen LogP contribution in [0.3, 0.4) is 0 Å². The van der Waals surface area contributed by atoms with Gasteiger partial charge in [0.05, 0.1) is 34.8 Å². The molecule has 0 aliphatic rings. The summed E-state index contributed by atoms with van der Waals surface area (Å²) in [6, 6.07) is 7.67. The molecule has 0 radical (unpaired) electrons. The number of H-pyrrole nitrogens is 2. The van der Waals surface area contributed by atoms with E-state index in [1.165, 1.54) is 0 Å². The maximum Gasteiger partial charge on any atom is 0.159 e. The third-order valence-electron chi connectivity index (χ3n) is 4.85. The van der Waals surface area contributed by atoms with Gasteiger partial charge < -0.3 is 4.98 Å². The normalized spacial score (nSPS) is 11.3. The molecule has 0 bridgehead atoms. The lowest BCUT2D eigenvalue weighted by Gasteiger charge is -2.00. The fourth-order valence-electron chi connectivity index (χ4n) is 3.44. The van der Waals surface area contributed by atoms with Crippen LogP contribution in [0.1, 0.15) is 0 Å². The zero-order chi connectivity index (χ0) is 19.9. The Bertz CT molecular complexity index is 1490. The van der Waals surface area contributed by atoms with E-state index in [-0.39, 0.29) is 0 Å². The number of aromatic nitrogens is 9. The molecule has 0 unspecified atom stereocenters. The van der Waals surface area contributed by atoms with Gasteiger partial charge in [0.2, 0.25) is 0 Å². The fourth-order valence-corrected chi connectivity index (χ4v) is 3.44. The number of pyridine rings is 3. The van der Waals surface area contributed by atoms with Gasteiger partial charge >= 0.3 is 0 Å². The summed E-state index contributed by atoms with van der Waals surface area (Å²) in [6.45, 7) is 0. The molecule has 0 atom stereocenters. The quantitative estimate of drug-likeness (QED) is 0.474. The lowest BCUT2D eigenvalue weighted by atomic mass is 10.1. The van der Waals surface area contributed by atoms with Crippen molar-refractivity contribution in [2.45, 2.75) is 0 Å². The van der Waals surface area contributed by atoms with Crippen LogP contribution in [0.5, 0.6) is 0 Å². The van der Waals surface area contributed by atoms with Gasteiger partial charge in [0.1, 0.15) is 16.9 Å². The van der Waals surface area contributed by atoms with Gasteiger partial charge in [-0.3, -0.25) is 30.0 Å². The molecule has 142 valence electrons. The van der Waals surface area contributed by atoms with Gasteiger partial charge in [0.15, 0.2) is 5.82 Å². The van der Waals surface area contributed by atoms with Crippen LogP contribution in [0.25, 0.3) is 56.1 Å². The summed E-state index contributed by atoms with van der Waals surface area (Å²) < 4.78 is 0.